The fraction of sp³-hybridized carbons (Fsp3) is 0.231. The van der Waals surface area contributed by atoms with Gasteiger partial charge in [-0.05, 0) is 38.1 Å². The monoisotopic (exact) mass is 248 g/mol. The van der Waals surface area contributed by atoms with Gasteiger partial charge in [-0.1, -0.05) is 11.6 Å². The highest BCUT2D eigenvalue weighted by molar-refractivity contribution is 6.30. The van der Waals surface area contributed by atoms with Crippen LogP contribution in [0.3, 0.4) is 0 Å². The molecule has 0 radical (unpaired) electrons. The third kappa shape index (κ3) is 2.74. The number of nitrogens with zero attached hydrogens (tertiary/aromatic N) is 2. The quantitative estimate of drug-likeness (QED) is 0.837. The zero-order valence-corrected chi connectivity index (χ0v) is 10.5. The molecule has 1 aromatic carbocycles. The van der Waals surface area contributed by atoms with E-state index >= 15 is 0 Å². The summed E-state index contributed by atoms with van der Waals surface area (Å²) in [5.74, 6) is 0.142. The molecule has 0 saturated heterocycles. The molecule has 3 nitrogen and oxygen atoms in total. The smallest absolute Gasteiger partial charge is 0.134 e. The Bertz CT molecular complexity index is 543. The van der Waals surface area contributed by atoms with Crippen molar-refractivity contribution in [2.24, 2.45) is 0 Å². The van der Waals surface area contributed by atoms with E-state index in [9.17, 15) is 4.79 Å². The lowest BCUT2D eigenvalue weighted by molar-refractivity contribution is -0.116. The summed E-state index contributed by atoms with van der Waals surface area (Å²) in [6.45, 7) is 3.49. The van der Waals surface area contributed by atoms with Crippen LogP contribution in [0.1, 0.15) is 18.2 Å². The topological polar surface area (TPSA) is 34.9 Å². The van der Waals surface area contributed by atoms with Gasteiger partial charge in [0.05, 0.1) is 11.4 Å². The van der Waals surface area contributed by atoms with E-state index in [0.717, 1.165) is 16.9 Å². The van der Waals surface area contributed by atoms with E-state index in [4.69, 9.17) is 11.6 Å². The number of ketones is 1. The van der Waals surface area contributed by atoms with Gasteiger partial charge in [0.15, 0.2) is 0 Å². The second-order valence-electron chi connectivity index (χ2n) is 4.04. The van der Waals surface area contributed by atoms with Gasteiger partial charge in [-0.15, -0.1) is 0 Å². The number of hydrogen-bond donors (Lipinski definition) is 0. The average molecular weight is 249 g/mol. The van der Waals surface area contributed by atoms with Gasteiger partial charge in [0.1, 0.15) is 5.78 Å². The third-order valence-corrected chi connectivity index (χ3v) is 2.78. The lowest BCUT2D eigenvalue weighted by Gasteiger charge is -2.00. The fourth-order valence-electron chi connectivity index (χ4n) is 1.66. The van der Waals surface area contributed by atoms with Crippen molar-refractivity contribution in [3.63, 3.8) is 0 Å². The first-order chi connectivity index (χ1) is 8.06. The normalized spacial score (nSPS) is 10.5. The second kappa shape index (κ2) is 4.72. The van der Waals surface area contributed by atoms with Crippen LogP contribution in [0.5, 0.6) is 0 Å². The van der Waals surface area contributed by atoms with Gasteiger partial charge >= 0.3 is 0 Å². The molecule has 1 aromatic heterocycles. The molecule has 0 saturated carbocycles. The molecule has 88 valence electrons. The van der Waals surface area contributed by atoms with Crippen molar-refractivity contribution in [2.75, 3.05) is 0 Å². The first-order valence-electron chi connectivity index (χ1n) is 5.37. The highest BCUT2D eigenvalue weighted by atomic mass is 35.5. The van der Waals surface area contributed by atoms with Gasteiger partial charge in [0, 0.05) is 23.2 Å². The summed E-state index contributed by atoms with van der Waals surface area (Å²) in [6.07, 6.45) is 2.32. The number of aromatic nitrogens is 2. The Morgan fingerprint density at radius 3 is 2.59 bits per heavy atom. The molecule has 0 aliphatic heterocycles. The lowest BCUT2D eigenvalue weighted by Crippen LogP contribution is -1.96. The van der Waals surface area contributed by atoms with Crippen LogP contribution in [0.2, 0.25) is 5.02 Å². The largest absolute Gasteiger partial charge is 0.300 e. The minimum absolute atomic E-state index is 0.142. The lowest BCUT2D eigenvalue weighted by atomic mass is 10.1. The number of rotatable bonds is 3. The molecule has 4 heteroatoms. The van der Waals surface area contributed by atoms with Gasteiger partial charge in [-0.2, -0.15) is 5.10 Å². The molecule has 0 unspecified atom stereocenters. The molecule has 0 fully saturated rings. The first kappa shape index (κ1) is 11.9. The van der Waals surface area contributed by atoms with Crippen molar-refractivity contribution in [1.29, 1.82) is 0 Å². The molecule has 17 heavy (non-hydrogen) atoms. The zero-order chi connectivity index (χ0) is 12.4. The van der Waals surface area contributed by atoms with E-state index < -0.39 is 0 Å². The number of halogens is 1. The SMILES string of the molecule is CC(=O)Cc1cn(-c2ccc(Cl)cc2)nc1C. The minimum Gasteiger partial charge on any atom is -0.300 e. The Balaban J connectivity index is 2.34. The summed E-state index contributed by atoms with van der Waals surface area (Å²) < 4.78 is 1.77. The first-order valence-corrected chi connectivity index (χ1v) is 5.74. The Morgan fingerprint density at radius 1 is 1.35 bits per heavy atom. The molecule has 0 amide bonds. The Kier molecular flexibility index (Phi) is 3.29. The van der Waals surface area contributed by atoms with Crippen LogP contribution in [-0.2, 0) is 11.2 Å². The predicted octanol–water partition coefficient (Wildman–Crippen LogP) is 2.97. The van der Waals surface area contributed by atoms with Crippen LogP contribution in [0.4, 0.5) is 0 Å². The summed E-state index contributed by atoms with van der Waals surface area (Å²) >= 11 is 5.83. The molecule has 0 spiro atoms. The van der Waals surface area contributed by atoms with Gasteiger partial charge in [0.25, 0.3) is 0 Å². The zero-order valence-electron chi connectivity index (χ0n) is 9.77. The average Bonchev–Trinajstić information content (AvgIpc) is 2.60. The molecule has 0 atom stereocenters. The number of carbonyl (C=O) groups is 1. The van der Waals surface area contributed by atoms with Crippen LogP contribution < -0.4 is 0 Å². The molecule has 0 N–H and O–H groups in total. The minimum atomic E-state index is 0.142. The van der Waals surface area contributed by atoms with E-state index in [0.29, 0.717) is 11.4 Å². The van der Waals surface area contributed by atoms with Crippen LogP contribution >= 0.6 is 11.6 Å². The third-order valence-electron chi connectivity index (χ3n) is 2.53. The molecule has 2 aromatic rings. The number of hydrogen-bond acceptors (Lipinski definition) is 2. The van der Waals surface area contributed by atoms with E-state index in [1.165, 1.54) is 0 Å². The van der Waals surface area contributed by atoms with Gasteiger partial charge in [0.2, 0.25) is 0 Å². The van der Waals surface area contributed by atoms with Crippen molar-refractivity contribution in [3.8, 4) is 5.69 Å². The van der Waals surface area contributed by atoms with E-state index in [1.807, 2.05) is 37.4 Å². The van der Waals surface area contributed by atoms with E-state index in [2.05, 4.69) is 5.10 Å². The second-order valence-corrected chi connectivity index (χ2v) is 4.48. The number of aryl methyl sites for hydroxylation is 1. The maximum Gasteiger partial charge on any atom is 0.134 e. The van der Waals surface area contributed by atoms with Crippen molar-refractivity contribution >= 4 is 17.4 Å². The van der Waals surface area contributed by atoms with Crippen molar-refractivity contribution in [3.05, 3.63) is 46.7 Å². The summed E-state index contributed by atoms with van der Waals surface area (Å²) in [4.78, 5) is 11.1. The molecule has 1 heterocycles. The standard InChI is InChI=1S/C13H13ClN2O/c1-9(17)7-11-8-16(15-10(11)2)13-5-3-12(14)4-6-13/h3-6,8H,7H2,1-2H3. The van der Waals surface area contributed by atoms with Crippen LogP contribution in [0.15, 0.2) is 30.5 Å². The summed E-state index contributed by atoms with van der Waals surface area (Å²) in [6, 6.07) is 7.43. The molecular weight excluding hydrogens is 236 g/mol. The molecule has 2 rings (SSSR count). The van der Waals surface area contributed by atoms with Crippen LogP contribution in [0.25, 0.3) is 5.69 Å². The van der Waals surface area contributed by atoms with E-state index in [-0.39, 0.29) is 5.78 Å². The van der Waals surface area contributed by atoms with Gasteiger partial charge in [-0.3, -0.25) is 4.79 Å². The van der Waals surface area contributed by atoms with Gasteiger partial charge < -0.3 is 0 Å². The number of Topliss-reactive ketones (excluding diaryl/α,β-unsaturated/α-hetero) is 1. The molecular formula is C13H13ClN2O. The maximum absolute atomic E-state index is 11.1. The molecule has 0 aliphatic rings. The van der Waals surface area contributed by atoms with E-state index in [1.54, 1.807) is 11.6 Å². The van der Waals surface area contributed by atoms with Crippen molar-refractivity contribution in [1.82, 2.24) is 9.78 Å². The molecule has 0 aliphatic carbocycles. The highest BCUT2D eigenvalue weighted by Gasteiger charge is 2.08. The number of benzene rings is 1. The summed E-state index contributed by atoms with van der Waals surface area (Å²) in [5.41, 5.74) is 2.79. The fourth-order valence-corrected chi connectivity index (χ4v) is 1.79. The van der Waals surface area contributed by atoms with Gasteiger partial charge in [-0.25, -0.2) is 4.68 Å². The van der Waals surface area contributed by atoms with Crippen LogP contribution in [-0.4, -0.2) is 15.6 Å². The summed E-state index contributed by atoms with van der Waals surface area (Å²) in [5, 5.41) is 5.08. The Hall–Kier alpha value is -1.61. The summed E-state index contributed by atoms with van der Waals surface area (Å²) in [7, 11) is 0. The molecule has 0 bridgehead atoms. The Labute approximate surface area is 105 Å². The van der Waals surface area contributed by atoms with Crippen molar-refractivity contribution < 1.29 is 4.79 Å². The predicted molar refractivity (Wildman–Crippen MR) is 67.7 cm³/mol. The highest BCUT2D eigenvalue weighted by Crippen LogP contribution is 2.15. The maximum atomic E-state index is 11.1. The number of carbonyl (C=O) groups excluding carboxylic acids is 1. The van der Waals surface area contributed by atoms with Crippen molar-refractivity contribution in [2.45, 2.75) is 20.3 Å². The Morgan fingerprint density at radius 2 is 2.00 bits per heavy atom. The van der Waals surface area contributed by atoms with Crippen LogP contribution in [0, 0.1) is 6.92 Å².